The molecule has 0 aromatic heterocycles. The van der Waals surface area contributed by atoms with E-state index in [1.54, 1.807) is 0 Å². The van der Waals surface area contributed by atoms with Gasteiger partial charge in [0.05, 0.1) is 0 Å². The molecule has 2 aliphatic carbocycles. The van der Waals surface area contributed by atoms with Gasteiger partial charge >= 0.3 is 0 Å². The standard InChI is InChI=1S/C8H15N/c9-5-4-8-3-1-2-7(8)6-8/h7H,1-6,9H2/t7-,8-/m1/s1. The van der Waals surface area contributed by atoms with Gasteiger partial charge in [-0.15, -0.1) is 0 Å². The Morgan fingerprint density at radius 3 is 2.89 bits per heavy atom. The van der Waals surface area contributed by atoms with Crippen molar-refractivity contribution in [2.75, 3.05) is 6.54 Å². The van der Waals surface area contributed by atoms with Gasteiger partial charge in [0.2, 0.25) is 0 Å². The number of rotatable bonds is 2. The van der Waals surface area contributed by atoms with Gasteiger partial charge in [0.1, 0.15) is 0 Å². The summed E-state index contributed by atoms with van der Waals surface area (Å²) in [5.74, 6) is 1.10. The maximum atomic E-state index is 5.52. The van der Waals surface area contributed by atoms with Crippen molar-refractivity contribution in [3.05, 3.63) is 0 Å². The van der Waals surface area contributed by atoms with Crippen LogP contribution in [-0.4, -0.2) is 6.54 Å². The van der Waals surface area contributed by atoms with Gasteiger partial charge in [0.25, 0.3) is 0 Å². The molecule has 0 amide bonds. The van der Waals surface area contributed by atoms with E-state index in [9.17, 15) is 0 Å². The largest absolute Gasteiger partial charge is 0.330 e. The first-order valence-corrected chi connectivity index (χ1v) is 4.07. The fourth-order valence-corrected chi connectivity index (χ4v) is 2.57. The van der Waals surface area contributed by atoms with Crippen molar-refractivity contribution in [3.63, 3.8) is 0 Å². The van der Waals surface area contributed by atoms with Crippen LogP contribution in [0.1, 0.15) is 32.1 Å². The van der Waals surface area contributed by atoms with Crippen LogP contribution in [0.5, 0.6) is 0 Å². The molecule has 0 radical (unpaired) electrons. The molecule has 2 N–H and O–H groups in total. The van der Waals surface area contributed by atoms with E-state index in [1.807, 2.05) is 0 Å². The molecule has 0 heterocycles. The van der Waals surface area contributed by atoms with Crippen LogP contribution in [0.25, 0.3) is 0 Å². The lowest BCUT2D eigenvalue weighted by Gasteiger charge is -2.07. The molecule has 2 saturated carbocycles. The second-order valence-corrected chi connectivity index (χ2v) is 3.69. The highest BCUT2D eigenvalue weighted by molar-refractivity contribution is 5.05. The molecule has 0 aromatic rings. The molecular formula is C8H15N. The number of nitrogens with two attached hydrogens (primary N) is 1. The van der Waals surface area contributed by atoms with Crippen molar-refractivity contribution in [1.82, 2.24) is 0 Å². The lowest BCUT2D eigenvalue weighted by Crippen LogP contribution is -2.08. The maximum absolute atomic E-state index is 5.52. The van der Waals surface area contributed by atoms with Crippen LogP contribution in [0.3, 0.4) is 0 Å². The van der Waals surface area contributed by atoms with Crippen LogP contribution in [0.2, 0.25) is 0 Å². The molecule has 0 aromatic carbocycles. The predicted molar refractivity (Wildman–Crippen MR) is 38.1 cm³/mol. The Morgan fingerprint density at radius 1 is 1.56 bits per heavy atom. The van der Waals surface area contributed by atoms with Crippen LogP contribution in [-0.2, 0) is 0 Å². The van der Waals surface area contributed by atoms with Gasteiger partial charge in [-0.1, -0.05) is 6.42 Å². The Hall–Kier alpha value is -0.0400. The first kappa shape index (κ1) is 5.72. The fraction of sp³-hybridized carbons (Fsp3) is 1.00. The molecule has 0 spiro atoms. The third-order valence-corrected chi connectivity index (χ3v) is 3.23. The van der Waals surface area contributed by atoms with Crippen LogP contribution in [0.4, 0.5) is 0 Å². The Morgan fingerprint density at radius 2 is 2.44 bits per heavy atom. The maximum Gasteiger partial charge on any atom is -0.00719 e. The van der Waals surface area contributed by atoms with Gasteiger partial charge in [0, 0.05) is 0 Å². The second-order valence-electron chi connectivity index (χ2n) is 3.69. The summed E-state index contributed by atoms with van der Waals surface area (Å²) in [4.78, 5) is 0. The average molecular weight is 125 g/mol. The number of hydrogen-bond acceptors (Lipinski definition) is 1. The molecule has 52 valence electrons. The van der Waals surface area contributed by atoms with E-state index >= 15 is 0 Å². The summed E-state index contributed by atoms with van der Waals surface area (Å²) in [5.41, 5.74) is 6.31. The minimum absolute atomic E-state index is 0.786. The van der Waals surface area contributed by atoms with E-state index in [4.69, 9.17) is 5.73 Å². The van der Waals surface area contributed by atoms with E-state index in [-0.39, 0.29) is 0 Å². The lowest BCUT2D eigenvalue weighted by molar-refractivity contribution is 0.453. The van der Waals surface area contributed by atoms with Crippen LogP contribution < -0.4 is 5.73 Å². The zero-order chi connectivity index (χ0) is 6.32. The normalized spacial score (nSPS) is 47.0. The van der Waals surface area contributed by atoms with E-state index in [1.165, 1.54) is 32.1 Å². The quantitative estimate of drug-likeness (QED) is 0.595. The van der Waals surface area contributed by atoms with Gasteiger partial charge in [-0.2, -0.15) is 0 Å². The first-order chi connectivity index (χ1) is 4.37. The molecule has 0 unspecified atom stereocenters. The topological polar surface area (TPSA) is 26.0 Å². The zero-order valence-corrected chi connectivity index (χ0v) is 5.90. The zero-order valence-electron chi connectivity index (χ0n) is 5.90. The van der Waals surface area contributed by atoms with Crippen molar-refractivity contribution in [3.8, 4) is 0 Å². The Labute approximate surface area is 56.6 Å². The van der Waals surface area contributed by atoms with Crippen molar-refractivity contribution in [2.45, 2.75) is 32.1 Å². The minimum atomic E-state index is 0.786. The molecule has 2 atom stereocenters. The average Bonchev–Trinajstić information content (AvgIpc) is 2.37. The minimum Gasteiger partial charge on any atom is -0.330 e. The SMILES string of the molecule is NCC[C@@]12CCC[C@@H]1C2. The highest BCUT2D eigenvalue weighted by atomic mass is 14.6. The van der Waals surface area contributed by atoms with E-state index in [2.05, 4.69) is 0 Å². The molecule has 0 saturated heterocycles. The smallest absolute Gasteiger partial charge is 0.00719 e. The number of hydrogen-bond donors (Lipinski definition) is 1. The summed E-state index contributed by atoms with van der Waals surface area (Å²) in [6, 6.07) is 0. The van der Waals surface area contributed by atoms with E-state index in [0.717, 1.165) is 17.9 Å². The first-order valence-electron chi connectivity index (χ1n) is 4.07. The number of fused-ring (bicyclic) bond motifs is 1. The third-order valence-electron chi connectivity index (χ3n) is 3.23. The summed E-state index contributed by atoms with van der Waals surface area (Å²) in [6.45, 7) is 0.913. The van der Waals surface area contributed by atoms with Gasteiger partial charge < -0.3 is 5.73 Å². The van der Waals surface area contributed by atoms with Crippen molar-refractivity contribution in [2.24, 2.45) is 17.1 Å². The summed E-state index contributed by atoms with van der Waals surface area (Å²) < 4.78 is 0. The van der Waals surface area contributed by atoms with Gasteiger partial charge in [-0.25, -0.2) is 0 Å². The third kappa shape index (κ3) is 0.710. The molecule has 1 heteroatoms. The highest BCUT2D eigenvalue weighted by Gasteiger charge is 2.55. The molecule has 2 fully saturated rings. The molecular weight excluding hydrogens is 110 g/mol. The molecule has 2 aliphatic rings. The summed E-state index contributed by atoms with van der Waals surface area (Å²) in [6.07, 6.45) is 7.27. The molecule has 0 bridgehead atoms. The van der Waals surface area contributed by atoms with Crippen molar-refractivity contribution < 1.29 is 0 Å². The fourth-order valence-electron chi connectivity index (χ4n) is 2.57. The molecule has 1 nitrogen and oxygen atoms in total. The highest BCUT2D eigenvalue weighted by Crippen LogP contribution is 2.65. The summed E-state index contributed by atoms with van der Waals surface area (Å²) >= 11 is 0. The van der Waals surface area contributed by atoms with Gasteiger partial charge in [0.15, 0.2) is 0 Å². The van der Waals surface area contributed by atoms with Crippen LogP contribution >= 0.6 is 0 Å². The second kappa shape index (κ2) is 1.72. The summed E-state index contributed by atoms with van der Waals surface area (Å²) in [7, 11) is 0. The van der Waals surface area contributed by atoms with Crippen molar-refractivity contribution in [1.29, 1.82) is 0 Å². The monoisotopic (exact) mass is 125 g/mol. The molecule has 9 heavy (non-hydrogen) atoms. The van der Waals surface area contributed by atoms with Crippen LogP contribution in [0.15, 0.2) is 0 Å². The lowest BCUT2D eigenvalue weighted by atomic mass is 10.00. The Kier molecular flexibility index (Phi) is 1.10. The predicted octanol–water partition coefficient (Wildman–Crippen LogP) is 1.53. The Balaban J connectivity index is 1.95. The molecule has 0 aliphatic heterocycles. The van der Waals surface area contributed by atoms with Crippen molar-refractivity contribution >= 4 is 0 Å². The van der Waals surface area contributed by atoms with Gasteiger partial charge in [-0.05, 0) is 43.6 Å². The van der Waals surface area contributed by atoms with Crippen LogP contribution in [0, 0.1) is 11.3 Å². The summed E-state index contributed by atoms with van der Waals surface area (Å²) in [5, 5.41) is 0. The Bertz CT molecular complexity index is 122. The van der Waals surface area contributed by atoms with E-state index < -0.39 is 0 Å². The van der Waals surface area contributed by atoms with E-state index in [0.29, 0.717) is 0 Å². The molecule has 2 rings (SSSR count). The van der Waals surface area contributed by atoms with Gasteiger partial charge in [-0.3, -0.25) is 0 Å².